The van der Waals surface area contributed by atoms with E-state index >= 15 is 0 Å². The van der Waals surface area contributed by atoms with Gasteiger partial charge in [-0.2, -0.15) is 0 Å². The molecule has 0 saturated carbocycles. The maximum atomic E-state index is 13.3. The number of hydrogen-bond donors (Lipinski definition) is 0. The first-order chi connectivity index (χ1) is 22.3. The van der Waals surface area contributed by atoms with Crippen LogP contribution in [0.1, 0.15) is 52.7 Å². The van der Waals surface area contributed by atoms with E-state index in [0.717, 1.165) is 22.5 Å². The van der Waals surface area contributed by atoms with E-state index in [1.165, 1.54) is 55.9 Å². The van der Waals surface area contributed by atoms with Crippen LogP contribution in [0.3, 0.4) is 0 Å². The normalized spacial score (nSPS) is 11.6. The molecule has 0 aliphatic rings. The van der Waals surface area contributed by atoms with Crippen molar-refractivity contribution in [2.24, 2.45) is 0 Å². The molecular weight excluding hydrogens is 767 g/mol. The standard InChI is InChI=1S/C18H24N2.2C11H7FN.Ir/c1-17(2,3)13-7-9-19-15(11-13)16-12-14(8-10-20-16)18(4,5)6;2*12-10-6-7-13-11(8-10)9-4-2-1-3-5-9;/h7-12H,1-6H3;2*2-8H;. The Hall–Kier alpha value is -4.45. The van der Waals surface area contributed by atoms with Crippen molar-refractivity contribution in [1.82, 2.24) is 19.9 Å². The first-order valence-corrected chi connectivity index (χ1v) is 17.7. The van der Waals surface area contributed by atoms with Gasteiger partial charge in [-0.25, -0.2) is 0 Å². The second-order valence-electron chi connectivity index (χ2n) is 13.1. The molecule has 0 fully saturated rings. The van der Waals surface area contributed by atoms with Crippen LogP contribution in [-0.2, 0) is 28.5 Å². The molecular formula is C40H38F2IrN4. The van der Waals surface area contributed by atoms with Gasteiger partial charge in [-0.3, -0.25) is 9.97 Å². The SMILES string of the molecule is CC(C)(C)c1ccnc(-c2cc(C(C)(C)C)ccn2)c1.Fc1ccnc(-c2cc[c]([Ir][c]3ccc(-c4cc(F)ccn4)cc3)cc2)c1. The summed E-state index contributed by atoms with van der Waals surface area (Å²) in [4.78, 5) is 17.4. The van der Waals surface area contributed by atoms with Crippen LogP contribution in [0.25, 0.3) is 33.9 Å². The minimum atomic E-state index is -0.490. The summed E-state index contributed by atoms with van der Waals surface area (Å²) in [7, 11) is 0. The third kappa shape index (κ3) is 9.31. The summed E-state index contributed by atoms with van der Waals surface area (Å²) in [6.07, 6.45) is 6.70. The Morgan fingerprint density at radius 1 is 0.426 bits per heavy atom. The van der Waals surface area contributed by atoms with Crippen molar-refractivity contribution in [3.8, 4) is 33.9 Å². The average molecular weight is 805 g/mol. The van der Waals surface area contributed by atoms with Gasteiger partial charge in [0.15, 0.2) is 0 Å². The molecule has 0 aliphatic carbocycles. The van der Waals surface area contributed by atoms with Crippen LogP contribution >= 0.6 is 0 Å². The summed E-state index contributed by atoms with van der Waals surface area (Å²) in [6, 6.07) is 30.2. The van der Waals surface area contributed by atoms with Gasteiger partial charge < -0.3 is 0 Å². The average Bonchev–Trinajstić information content (AvgIpc) is 3.05. The molecule has 6 rings (SSSR count). The Bertz CT molecular complexity index is 1800. The molecule has 4 nitrogen and oxygen atoms in total. The van der Waals surface area contributed by atoms with Crippen molar-refractivity contribution < 1.29 is 26.5 Å². The molecule has 0 amide bonds. The molecule has 7 heteroatoms. The number of halogens is 2. The second kappa shape index (κ2) is 14.5. The number of nitrogens with zero attached hydrogens (tertiary/aromatic N) is 4. The van der Waals surface area contributed by atoms with E-state index in [-0.39, 0.29) is 22.5 Å². The van der Waals surface area contributed by atoms with Gasteiger partial charge in [0.1, 0.15) is 0 Å². The van der Waals surface area contributed by atoms with Crippen molar-refractivity contribution in [1.29, 1.82) is 0 Å². The molecule has 241 valence electrons. The molecule has 0 spiro atoms. The summed E-state index contributed by atoms with van der Waals surface area (Å²) < 4.78 is 29.2. The van der Waals surface area contributed by atoms with Crippen LogP contribution in [-0.4, -0.2) is 19.9 Å². The fourth-order valence-corrected chi connectivity index (χ4v) is 7.04. The molecule has 0 radical (unpaired) electrons. The van der Waals surface area contributed by atoms with Crippen molar-refractivity contribution in [2.45, 2.75) is 52.4 Å². The molecule has 4 heterocycles. The third-order valence-electron chi connectivity index (χ3n) is 7.40. The fraction of sp³-hybridized carbons (Fsp3) is 0.200. The van der Waals surface area contributed by atoms with E-state index in [4.69, 9.17) is 0 Å². The van der Waals surface area contributed by atoms with Crippen molar-refractivity contribution in [2.75, 3.05) is 0 Å². The Kier molecular flexibility index (Phi) is 10.5. The zero-order valence-corrected chi connectivity index (χ0v) is 29.8. The van der Waals surface area contributed by atoms with Crippen LogP contribution in [0.2, 0.25) is 0 Å². The van der Waals surface area contributed by atoms with Gasteiger partial charge in [0.05, 0.1) is 11.4 Å². The molecule has 6 aromatic rings. The molecule has 47 heavy (non-hydrogen) atoms. The molecule has 0 aliphatic heterocycles. The van der Waals surface area contributed by atoms with E-state index in [9.17, 15) is 8.78 Å². The van der Waals surface area contributed by atoms with Gasteiger partial charge in [0, 0.05) is 12.4 Å². The first-order valence-electron chi connectivity index (χ1n) is 15.3. The molecule has 4 aromatic heterocycles. The number of aromatic nitrogens is 4. The zero-order valence-electron chi connectivity index (χ0n) is 27.4. The number of benzene rings is 2. The molecule has 0 saturated heterocycles. The van der Waals surface area contributed by atoms with Crippen LogP contribution < -0.4 is 8.15 Å². The van der Waals surface area contributed by atoms with Gasteiger partial charge in [-0.1, -0.05) is 41.5 Å². The number of pyridine rings is 4. The third-order valence-corrected chi connectivity index (χ3v) is 10.4. The summed E-state index contributed by atoms with van der Waals surface area (Å²) in [5.41, 5.74) is 7.78. The first kappa shape index (κ1) is 33.9. The van der Waals surface area contributed by atoms with E-state index in [0.29, 0.717) is 11.4 Å². The maximum absolute atomic E-state index is 13.3. The quantitative estimate of drug-likeness (QED) is 0.175. The van der Waals surface area contributed by atoms with Gasteiger partial charge in [-0.05, 0) is 46.2 Å². The summed E-state index contributed by atoms with van der Waals surface area (Å²) >= 11 is -0.490. The fourth-order valence-electron chi connectivity index (χ4n) is 4.65. The van der Waals surface area contributed by atoms with Crippen molar-refractivity contribution in [3.05, 3.63) is 145 Å². The number of rotatable bonds is 5. The predicted octanol–water partition coefficient (Wildman–Crippen LogP) is 8.86. The van der Waals surface area contributed by atoms with E-state index in [2.05, 4.69) is 110 Å². The Morgan fingerprint density at radius 3 is 1.11 bits per heavy atom. The molecule has 0 unspecified atom stereocenters. The monoisotopic (exact) mass is 805 g/mol. The van der Waals surface area contributed by atoms with Crippen LogP contribution in [0.4, 0.5) is 8.78 Å². The molecule has 0 N–H and O–H groups in total. The summed E-state index contributed by atoms with van der Waals surface area (Å²) in [6.45, 7) is 13.3. The molecule has 2 aromatic carbocycles. The van der Waals surface area contributed by atoms with Gasteiger partial charge in [-0.15, -0.1) is 0 Å². The van der Waals surface area contributed by atoms with Gasteiger partial charge in [0.25, 0.3) is 0 Å². The van der Waals surface area contributed by atoms with Crippen LogP contribution in [0.15, 0.2) is 122 Å². The van der Waals surface area contributed by atoms with Crippen molar-refractivity contribution >= 4 is 8.15 Å². The summed E-state index contributed by atoms with van der Waals surface area (Å²) in [5, 5.41) is 0. The topological polar surface area (TPSA) is 51.6 Å². The summed E-state index contributed by atoms with van der Waals surface area (Å²) in [5.74, 6) is -0.573. The van der Waals surface area contributed by atoms with Crippen LogP contribution in [0, 0.1) is 11.6 Å². The Morgan fingerprint density at radius 2 is 0.766 bits per heavy atom. The minimum absolute atomic E-state index is 0.124. The molecule has 0 atom stereocenters. The van der Waals surface area contributed by atoms with Crippen LogP contribution in [0.5, 0.6) is 0 Å². The zero-order chi connectivity index (χ0) is 33.6. The van der Waals surface area contributed by atoms with E-state index < -0.39 is 17.7 Å². The van der Waals surface area contributed by atoms with Gasteiger partial charge >= 0.3 is 164 Å². The second-order valence-corrected chi connectivity index (χ2v) is 16.5. The van der Waals surface area contributed by atoms with Crippen molar-refractivity contribution in [3.63, 3.8) is 0 Å². The Labute approximate surface area is 284 Å². The van der Waals surface area contributed by atoms with E-state index in [1.807, 2.05) is 36.7 Å². The predicted molar refractivity (Wildman–Crippen MR) is 183 cm³/mol. The number of hydrogen-bond acceptors (Lipinski definition) is 4. The van der Waals surface area contributed by atoms with E-state index in [1.54, 1.807) is 0 Å². The molecule has 0 bridgehead atoms. The van der Waals surface area contributed by atoms with Gasteiger partial charge in [0.2, 0.25) is 0 Å². The Balaban J connectivity index is 0.000000194.